The van der Waals surface area contributed by atoms with E-state index in [0.29, 0.717) is 27.7 Å². The summed E-state index contributed by atoms with van der Waals surface area (Å²) in [7, 11) is 1.57. The van der Waals surface area contributed by atoms with Crippen LogP contribution in [0.5, 0.6) is 5.75 Å². The van der Waals surface area contributed by atoms with Crippen LogP contribution >= 0.6 is 11.6 Å². The molecule has 152 valence electrons. The number of nitrogens with zero attached hydrogens (tertiary/aromatic N) is 2. The normalized spacial score (nSPS) is 14.1. The van der Waals surface area contributed by atoms with Crippen LogP contribution in [0.4, 0.5) is 19.0 Å². The van der Waals surface area contributed by atoms with Crippen LogP contribution in [0.2, 0.25) is 5.02 Å². The van der Waals surface area contributed by atoms with Crippen LogP contribution in [-0.4, -0.2) is 23.4 Å². The summed E-state index contributed by atoms with van der Waals surface area (Å²) in [6.07, 6.45) is -1.63. The fourth-order valence-electron chi connectivity index (χ4n) is 3.55. The van der Waals surface area contributed by atoms with Crippen molar-refractivity contribution < 1.29 is 17.9 Å². The molecule has 2 aromatic carbocycles. The molecule has 1 N–H and O–H groups in total. The topological polar surface area (TPSA) is 39.1 Å². The maximum absolute atomic E-state index is 12.9. The number of rotatable bonds is 3. The highest BCUT2D eigenvalue weighted by molar-refractivity contribution is 6.30. The highest BCUT2D eigenvalue weighted by Crippen LogP contribution is 2.38. The van der Waals surface area contributed by atoms with Gasteiger partial charge in [0, 0.05) is 22.7 Å². The number of benzene rings is 2. The Morgan fingerprint density at radius 1 is 1.10 bits per heavy atom. The van der Waals surface area contributed by atoms with Crippen LogP contribution in [-0.2, 0) is 12.6 Å². The van der Waals surface area contributed by atoms with Crippen LogP contribution in [0.1, 0.15) is 24.0 Å². The third kappa shape index (κ3) is 3.79. The smallest absolute Gasteiger partial charge is 0.416 e. The fourth-order valence-corrected chi connectivity index (χ4v) is 3.72. The molecule has 4 nitrogen and oxygen atoms in total. The Morgan fingerprint density at radius 3 is 2.55 bits per heavy atom. The second kappa shape index (κ2) is 7.63. The Hall–Kier alpha value is -2.67. The average Bonchev–Trinajstić information content (AvgIpc) is 2.88. The molecule has 8 heteroatoms. The SMILES string of the molecule is COc1ccc(Cl)cc1-n1nc(-c2ccc(C(F)(F)F)cc2)c2c1NCCCC2. The van der Waals surface area contributed by atoms with E-state index in [-0.39, 0.29) is 0 Å². The molecule has 0 bridgehead atoms. The van der Waals surface area contributed by atoms with E-state index in [2.05, 4.69) is 5.32 Å². The zero-order valence-corrected chi connectivity index (χ0v) is 16.4. The van der Waals surface area contributed by atoms with Crippen molar-refractivity contribution in [1.29, 1.82) is 0 Å². The van der Waals surface area contributed by atoms with Gasteiger partial charge in [0.05, 0.1) is 18.4 Å². The zero-order chi connectivity index (χ0) is 20.6. The first-order chi connectivity index (χ1) is 13.9. The molecule has 1 aromatic heterocycles. The first-order valence-electron chi connectivity index (χ1n) is 9.26. The van der Waals surface area contributed by atoms with E-state index in [9.17, 15) is 13.2 Å². The van der Waals surface area contributed by atoms with E-state index >= 15 is 0 Å². The Kier molecular flexibility index (Phi) is 5.17. The van der Waals surface area contributed by atoms with E-state index in [1.54, 1.807) is 30.0 Å². The zero-order valence-electron chi connectivity index (χ0n) is 15.7. The molecule has 2 heterocycles. The summed E-state index contributed by atoms with van der Waals surface area (Å²) in [5.74, 6) is 1.42. The van der Waals surface area contributed by atoms with Gasteiger partial charge in [-0.05, 0) is 49.6 Å². The van der Waals surface area contributed by atoms with Gasteiger partial charge in [-0.15, -0.1) is 0 Å². The fraction of sp³-hybridized carbons (Fsp3) is 0.286. The molecule has 0 aliphatic carbocycles. The number of halogens is 4. The second-order valence-electron chi connectivity index (χ2n) is 6.86. The Bertz CT molecular complexity index is 1030. The van der Waals surface area contributed by atoms with Crippen molar-refractivity contribution >= 4 is 17.4 Å². The van der Waals surface area contributed by atoms with Gasteiger partial charge in [-0.1, -0.05) is 23.7 Å². The maximum atomic E-state index is 12.9. The molecule has 0 amide bonds. The molecule has 0 saturated carbocycles. The minimum atomic E-state index is -4.37. The molecule has 0 unspecified atom stereocenters. The minimum absolute atomic E-state index is 0.537. The van der Waals surface area contributed by atoms with E-state index in [1.807, 2.05) is 0 Å². The molecule has 0 saturated heterocycles. The van der Waals surface area contributed by atoms with Crippen molar-refractivity contribution in [2.45, 2.75) is 25.4 Å². The Morgan fingerprint density at radius 2 is 1.86 bits per heavy atom. The van der Waals surface area contributed by atoms with E-state index in [0.717, 1.165) is 49.3 Å². The van der Waals surface area contributed by atoms with Crippen LogP contribution in [0.15, 0.2) is 42.5 Å². The highest BCUT2D eigenvalue weighted by atomic mass is 35.5. The molecule has 1 aliphatic heterocycles. The summed E-state index contributed by atoms with van der Waals surface area (Å²) in [5, 5.41) is 8.70. The number of hydrogen-bond acceptors (Lipinski definition) is 3. The standard InChI is InChI=1S/C21H19ClF3N3O/c1-29-18-10-9-15(22)12-17(18)28-20-16(4-2-3-11-26-20)19(27-28)13-5-7-14(8-6-13)21(23,24)25/h5-10,12,26H,2-4,11H2,1H3. The largest absolute Gasteiger partial charge is 0.494 e. The molecule has 29 heavy (non-hydrogen) atoms. The molecule has 4 rings (SSSR count). The van der Waals surface area contributed by atoms with Crippen LogP contribution in [0, 0.1) is 0 Å². The Labute approximate surface area is 171 Å². The van der Waals surface area contributed by atoms with E-state index in [1.165, 1.54) is 12.1 Å². The lowest BCUT2D eigenvalue weighted by Gasteiger charge is -2.13. The van der Waals surface area contributed by atoms with E-state index < -0.39 is 11.7 Å². The number of ether oxygens (including phenoxy) is 1. The maximum Gasteiger partial charge on any atom is 0.416 e. The summed E-state index contributed by atoms with van der Waals surface area (Å²) < 4.78 is 46.0. The molecule has 3 aromatic rings. The van der Waals surface area contributed by atoms with Crippen molar-refractivity contribution in [3.63, 3.8) is 0 Å². The minimum Gasteiger partial charge on any atom is -0.494 e. The average molecular weight is 422 g/mol. The number of hydrogen-bond donors (Lipinski definition) is 1. The van der Waals surface area contributed by atoms with Crippen LogP contribution in [0.3, 0.4) is 0 Å². The molecule has 1 aliphatic rings. The molecule has 0 spiro atoms. The van der Waals surface area contributed by atoms with Gasteiger partial charge in [-0.2, -0.15) is 18.3 Å². The summed E-state index contributed by atoms with van der Waals surface area (Å²) in [6.45, 7) is 0.786. The quantitative estimate of drug-likeness (QED) is 0.566. The van der Waals surface area contributed by atoms with E-state index in [4.69, 9.17) is 21.4 Å². The van der Waals surface area contributed by atoms with Crippen molar-refractivity contribution in [3.05, 3.63) is 58.6 Å². The lowest BCUT2D eigenvalue weighted by molar-refractivity contribution is -0.137. The molecular formula is C21H19ClF3N3O. The predicted octanol–water partition coefficient (Wildman–Crippen LogP) is 5.97. The van der Waals surface area contributed by atoms with Gasteiger partial charge >= 0.3 is 6.18 Å². The van der Waals surface area contributed by atoms with Crippen molar-refractivity contribution in [3.8, 4) is 22.7 Å². The number of alkyl halides is 3. The van der Waals surface area contributed by atoms with Gasteiger partial charge in [0.1, 0.15) is 17.3 Å². The highest BCUT2D eigenvalue weighted by Gasteiger charge is 2.30. The van der Waals surface area contributed by atoms with Gasteiger partial charge in [0.2, 0.25) is 0 Å². The van der Waals surface area contributed by atoms with Crippen molar-refractivity contribution in [1.82, 2.24) is 9.78 Å². The molecule has 0 radical (unpaired) electrons. The summed E-state index contributed by atoms with van der Waals surface area (Å²) in [5.41, 5.74) is 2.26. The number of fused-ring (bicyclic) bond motifs is 1. The van der Waals surface area contributed by atoms with Gasteiger partial charge in [0.25, 0.3) is 0 Å². The number of aromatic nitrogens is 2. The molecule has 0 atom stereocenters. The third-order valence-electron chi connectivity index (χ3n) is 4.98. The van der Waals surface area contributed by atoms with Gasteiger partial charge in [0.15, 0.2) is 0 Å². The monoisotopic (exact) mass is 421 g/mol. The van der Waals surface area contributed by atoms with Gasteiger partial charge in [-0.25, -0.2) is 4.68 Å². The number of nitrogens with one attached hydrogen (secondary N) is 1. The first-order valence-corrected chi connectivity index (χ1v) is 9.63. The van der Waals surface area contributed by atoms with Crippen molar-refractivity contribution in [2.24, 2.45) is 0 Å². The van der Waals surface area contributed by atoms with Crippen LogP contribution < -0.4 is 10.1 Å². The second-order valence-corrected chi connectivity index (χ2v) is 7.30. The Balaban J connectivity index is 1.88. The molecular weight excluding hydrogens is 403 g/mol. The lowest BCUT2D eigenvalue weighted by Crippen LogP contribution is -2.08. The third-order valence-corrected chi connectivity index (χ3v) is 5.22. The molecule has 0 fully saturated rings. The summed E-state index contributed by atoms with van der Waals surface area (Å²) >= 11 is 6.20. The summed E-state index contributed by atoms with van der Waals surface area (Å²) in [6, 6.07) is 10.4. The first kappa shape index (κ1) is 19.6. The van der Waals surface area contributed by atoms with Gasteiger partial charge < -0.3 is 10.1 Å². The van der Waals surface area contributed by atoms with Crippen molar-refractivity contribution in [2.75, 3.05) is 19.0 Å². The lowest BCUT2D eigenvalue weighted by atomic mass is 10.0. The summed E-state index contributed by atoms with van der Waals surface area (Å²) in [4.78, 5) is 0. The number of methoxy groups -OCH3 is 1. The van der Waals surface area contributed by atoms with Crippen LogP contribution in [0.25, 0.3) is 16.9 Å². The van der Waals surface area contributed by atoms with Gasteiger partial charge in [-0.3, -0.25) is 0 Å². The predicted molar refractivity (Wildman–Crippen MR) is 107 cm³/mol. The number of anilines is 1.